The van der Waals surface area contributed by atoms with Crippen molar-refractivity contribution in [2.45, 2.75) is 45.6 Å². The standard InChI is InChI=1S/C12H20O3/c1-8(2)9-3-4-10-12(7-9,11(13)14)5-6-15-10/h8-10H,3-7H2,1-2H3,(H,13,14)/t9-,10-,12-/m1/s1. The Bertz CT molecular complexity index is 262. The molecule has 3 atom stereocenters. The number of aliphatic carboxylic acids is 1. The van der Waals surface area contributed by atoms with E-state index in [1.807, 2.05) is 0 Å². The van der Waals surface area contributed by atoms with Crippen molar-refractivity contribution in [1.29, 1.82) is 0 Å². The predicted molar refractivity (Wildman–Crippen MR) is 56.6 cm³/mol. The van der Waals surface area contributed by atoms with Crippen LogP contribution >= 0.6 is 0 Å². The van der Waals surface area contributed by atoms with Crippen LogP contribution in [0.15, 0.2) is 0 Å². The van der Waals surface area contributed by atoms with Gasteiger partial charge in [0.05, 0.1) is 11.5 Å². The van der Waals surface area contributed by atoms with Crippen LogP contribution in [0, 0.1) is 17.3 Å². The van der Waals surface area contributed by atoms with Gasteiger partial charge in [-0.1, -0.05) is 13.8 Å². The van der Waals surface area contributed by atoms with Crippen LogP contribution in [0.4, 0.5) is 0 Å². The molecular weight excluding hydrogens is 192 g/mol. The van der Waals surface area contributed by atoms with E-state index in [9.17, 15) is 9.90 Å². The Morgan fingerprint density at radius 2 is 2.20 bits per heavy atom. The minimum atomic E-state index is -0.643. The van der Waals surface area contributed by atoms with E-state index in [1.54, 1.807) is 0 Å². The monoisotopic (exact) mass is 212 g/mol. The molecule has 2 aliphatic rings. The molecule has 3 heteroatoms. The molecule has 1 aliphatic heterocycles. The molecule has 0 aromatic heterocycles. The Morgan fingerprint density at radius 1 is 1.47 bits per heavy atom. The van der Waals surface area contributed by atoms with E-state index in [4.69, 9.17) is 4.74 Å². The fraction of sp³-hybridized carbons (Fsp3) is 0.917. The third kappa shape index (κ3) is 1.67. The summed E-state index contributed by atoms with van der Waals surface area (Å²) >= 11 is 0. The lowest BCUT2D eigenvalue weighted by atomic mass is 9.65. The van der Waals surface area contributed by atoms with Crippen LogP contribution in [0.25, 0.3) is 0 Å². The summed E-state index contributed by atoms with van der Waals surface area (Å²) < 4.78 is 5.57. The fourth-order valence-electron chi connectivity index (χ4n) is 3.13. The summed E-state index contributed by atoms with van der Waals surface area (Å²) in [6.07, 6.45) is 3.54. The highest BCUT2D eigenvalue weighted by molar-refractivity contribution is 5.76. The number of carbonyl (C=O) groups is 1. The van der Waals surface area contributed by atoms with Gasteiger partial charge < -0.3 is 9.84 Å². The Kier molecular flexibility index (Phi) is 2.75. The SMILES string of the molecule is CC(C)[C@@H]1CC[C@H]2OCC[C@@]2(C(=O)O)C1. The van der Waals surface area contributed by atoms with Gasteiger partial charge in [0.2, 0.25) is 0 Å². The molecule has 0 spiro atoms. The van der Waals surface area contributed by atoms with E-state index in [0.717, 1.165) is 19.3 Å². The van der Waals surface area contributed by atoms with Crippen LogP contribution in [0.5, 0.6) is 0 Å². The van der Waals surface area contributed by atoms with Crippen LogP contribution in [0.3, 0.4) is 0 Å². The lowest BCUT2D eigenvalue weighted by Gasteiger charge is -2.40. The smallest absolute Gasteiger partial charge is 0.312 e. The molecule has 0 aromatic carbocycles. The van der Waals surface area contributed by atoms with Crippen LogP contribution in [-0.2, 0) is 9.53 Å². The highest BCUT2D eigenvalue weighted by Crippen LogP contribution is 2.49. The fourth-order valence-corrected chi connectivity index (χ4v) is 3.13. The summed E-state index contributed by atoms with van der Waals surface area (Å²) in [6.45, 7) is 5.01. The maximum absolute atomic E-state index is 11.4. The third-order valence-corrected chi connectivity index (χ3v) is 4.28. The van der Waals surface area contributed by atoms with Crippen LogP contribution in [-0.4, -0.2) is 23.8 Å². The molecule has 1 saturated carbocycles. The van der Waals surface area contributed by atoms with Crippen molar-refractivity contribution in [3.05, 3.63) is 0 Å². The maximum atomic E-state index is 11.4. The Hall–Kier alpha value is -0.570. The Balaban J connectivity index is 2.19. The van der Waals surface area contributed by atoms with Gasteiger partial charge in [0.15, 0.2) is 0 Å². The van der Waals surface area contributed by atoms with Gasteiger partial charge in [-0.25, -0.2) is 0 Å². The van der Waals surface area contributed by atoms with Crippen LogP contribution < -0.4 is 0 Å². The van der Waals surface area contributed by atoms with Gasteiger partial charge in [-0.15, -0.1) is 0 Å². The zero-order valence-electron chi connectivity index (χ0n) is 9.53. The Labute approximate surface area is 90.8 Å². The van der Waals surface area contributed by atoms with E-state index < -0.39 is 11.4 Å². The zero-order valence-corrected chi connectivity index (χ0v) is 9.53. The topological polar surface area (TPSA) is 46.5 Å². The largest absolute Gasteiger partial charge is 0.481 e. The minimum Gasteiger partial charge on any atom is -0.481 e. The molecule has 15 heavy (non-hydrogen) atoms. The molecule has 86 valence electrons. The first kappa shape index (κ1) is 10.9. The summed E-state index contributed by atoms with van der Waals surface area (Å²) in [4.78, 5) is 11.4. The molecule has 1 N–H and O–H groups in total. The second-order valence-electron chi connectivity index (χ2n) is 5.36. The van der Waals surface area contributed by atoms with Crippen molar-refractivity contribution < 1.29 is 14.6 Å². The first-order valence-corrected chi connectivity index (χ1v) is 5.91. The minimum absolute atomic E-state index is 0.0231. The molecule has 0 radical (unpaired) electrons. The van der Waals surface area contributed by atoms with E-state index in [2.05, 4.69) is 13.8 Å². The molecule has 2 fully saturated rings. The van der Waals surface area contributed by atoms with Gasteiger partial charge in [-0.05, 0) is 37.5 Å². The summed E-state index contributed by atoms with van der Waals surface area (Å²) in [5.41, 5.74) is -0.562. The van der Waals surface area contributed by atoms with Crippen molar-refractivity contribution >= 4 is 5.97 Å². The van der Waals surface area contributed by atoms with Crippen LogP contribution in [0.1, 0.15) is 39.5 Å². The van der Waals surface area contributed by atoms with Crippen molar-refractivity contribution in [3.63, 3.8) is 0 Å². The number of hydrogen-bond donors (Lipinski definition) is 1. The molecule has 0 amide bonds. The van der Waals surface area contributed by atoms with Gasteiger partial charge in [0.1, 0.15) is 0 Å². The molecule has 0 unspecified atom stereocenters. The first-order valence-electron chi connectivity index (χ1n) is 5.91. The first-order chi connectivity index (χ1) is 7.06. The van der Waals surface area contributed by atoms with Gasteiger partial charge in [-0.2, -0.15) is 0 Å². The molecular formula is C12H20O3. The van der Waals surface area contributed by atoms with Crippen molar-refractivity contribution in [2.24, 2.45) is 17.3 Å². The van der Waals surface area contributed by atoms with Gasteiger partial charge in [0.25, 0.3) is 0 Å². The van der Waals surface area contributed by atoms with Gasteiger partial charge in [-0.3, -0.25) is 4.79 Å². The van der Waals surface area contributed by atoms with E-state index in [-0.39, 0.29) is 6.10 Å². The predicted octanol–water partition coefficient (Wildman–Crippen LogP) is 2.30. The maximum Gasteiger partial charge on any atom is 0.312 e. The van der Waals surface area contributed by atoms with E-state index in [0.29, 0.717) is 24.9 Å². The second kappa shape index (κ2) is 3.78. The van der Waals surface area contributed by atoms with E-state index >= 15 is 0 Å². The second-order valence-corrected chi connectivity index (χ2v) is 5.36. The molecule has 0 aromatic rings. The lowest BCUT2D eigenvalue weighted by Crippen LogP contribution is -2.44. The molecule has 1 saturated heterocycles. The quantitative estimate of drug-likeness (QED) is 0.764. The number of rotatable bonds is 2. The van der Waals surface area contributed by atoms with Crippen molar-refractivity contribution in [1.82, 2.24) is 0 Å². The normalized spacial score (nSPS) is 40.5. The summed E-state index contributed by atoms with van der Waals surface area (Å²) in [5, 5.41) is 9.42. The van der Waals surface area contributed by atoms with Gasteiger partial charge >= 0.3 is 5.97 Å². The highest BCUT2D eigenvalue weighted by Gasteiger charge is 2.53. The molecule has 1 heterocycles. The highest BCUT2D eigenvalue weighted by atomic mass is 16.5. The number of carboxylic acids is 1. The van der Waals surface area contributed by atoms with E-state index in [1.165, 1.54) is 0 Å². The number of ether oxygens (including phenoxy) is 1. The average Bonchev–Trinajstić information content (AvgIpc) is 2.60. The third-order valence-electron chi connectivity index (χ3n) is 4.28. The number of carboxylic acid groups (broad SMARTS) is 1. The van der Waals surface area contributed by atoms with Crippen molar-refractivity contribution in [2.75, 3.05) is 6.61 Å². The molecule has 0 bridgehead atoms. The van der Waals surface area contributed by atoms with Crippen LogP contribution in [0.2, 0.25) is 0 Å². The molecule has 2 rings (SSSR count). The van der Waals surface area contributed by atoms with Crippen molar-refractivity contribution in [3.8, 4) is 0 Å². The molecule has 3 nitrogen and oxygen atoms in total. The Morgan fingerprint density at radius 3 is 2.80 bits per heavy atom. The zero-order chi connectivity index (χ0) is 11.1. The summed E-state index contributed by atoms with van der Waals surface area (Å²) in [7, 11) is 0. The molecule has 1 aliphatic carbocycles. The lowest BCUT2D eigenvalue weighted by molar-refractivity contribution is -0.157. The number of fused-ring (bicyclic) bond motifs is 1. The summed E-state index contributed by atoms with van der Waals surface area (Å²) in [5.74, 6) is 0.497. The number of hydrogen-bond acceptors (Lipinski definition) is 2. The summed E-state index contributed by atoms with van der Waals surface area (Å²) in [6, 6.07) is 0. The average molecular weight is 212 g/mol. The van der Waals surface area contributed by atoms with Gasteiger partial charge in [0, 0.05) is 6.61 Å².